The molecular weight excluding hydrogens is 289 g/mol. The minimum Gasteiger partial charge on any atom is -0.333 e. The van der Waals surface area contributed by atoms with E-state index in [1.165, 1.54) is 25.1 Å². The van der Waals surface area contributed by atoms with Gasteiger partial charge in [-0.15, -0.1) is 0 Å². The number of hydrogen-bond donors (Lipinski definition) is 4. The van der Waals surface area contributed by atoms with E-state index < -0.39 is 29.7 Å². The molecule has 0 aliphatic carbocycles. The molecule has 116 valence electrons. The molecule has 0 saturated carbocycles. The fraction of sp³-hybridized carbons (Fsp3) is 0.333. The molecule has 21 heavy (non-hydrogen) atoms. The second kappa shape index (κ2) is 6.93. The molecule has 9 heteroatoms. The van der Waals surface area contributed by atoms with E-state index in [0.717, 1.165) is 6.07 Å². The average molecular weight is 304 g/mol. The summed E-state index contributed by atoms with van der Waals surface area (Å²) >= 11 is 0. The number of halogens is 3. The van der Waals surface area contributed by atoms with E-state index in [0.29, 0.717) is 0 Å². The van der Waals surface area contributed by atoms with Gasteiger partial charge in [-0.25, -0.2) is 10.2 Å². The SMILES string of the molecule is C[C@H](N)C(=O)NNC(=O)NCc1ccccc1C(F)(F)F. The van der Waals surface area contributed by atoms with Crippen LogP contribution in [0.15, 0.2) is 24.3 Å². The van der Waals surface area contributed by atoms with Gasteiger partial charge in [0, 0.05) is 6.54 Å². The van der Waals surface area contributed by atoms with Crippen molar-refractivity contribution < 1.29 is 22.8 Å². The van der Waals surface area contributed by atoms with Gasteiger partial charge in [-0.1, -0.05) is 18.2 Å². The molecule has 1 atom stereocenters. The van der Waals surface area contributed by atoms with Gasteiger partial charge in [-0.3, -0.25) is 10.2 Å². The van der Waals surface area contributed by atoms with Gasteiger partial charge in [0.15, 0.2) is 0 Å². The van der Waals surface area contributed by atoms with Crippen molar-refractivity contribution in [1.29, 1.82) is 0 Å². The maximum Gasteiger partial charge on any atom is 0.416 e. The Morgan fingerprint density at radius 1 is 1.24 bits per heavy atom. The Morgan fingerprint density at radius 2 is 1.86 bits per heavy atom. The van der Waals surface area contributed by atoms with Crippen molar-refractivity contribution >= 4 is 11.9 Å². The summed E-state index contributed by atoms with van der Waals surface area (Å²) in [6.45, 7) is 1.07. The number of nitrogens with two attached hydrogens (primary N) is 1. The summed E-state index contributed by atoms with van der Waals surface area (Å²) in [6.07, 6.45) is -4.50. The van der Waals surface area contributed by atoms with Crippen LogP contribution in [0.1, 0.15) is 18.1 Å². The van der Waals surface area contributed by atoms with Crippen LogP contribution < -0.4 is 21.9 Å². The van der Waals surface area contributed by atoms with E-state index in [1.54, 1.807) is 0 Å². The number of rotatable bonds is 3. The second-order valence-electron chi connectivity index (χ2n) is 4.24. The largest absolute Gasteiger partial charge is 0.416 e. The third-order valence-electron chi connectivity index (χ3n) is 2.47. The standard InChI is InChI=1S/C12H15F3N4O2/c1-7(16)10(20)18-19-11(21)17-6-8-4-2-3-5-9(8)12(13,14)15/h2-5,7H,6,16H2,1H3,(H,18,20)(H2,17,19,21)/t7-/m0/s1. The fourth-order valence-electron chi connectivity index (χ4n) is 1.40. The molecule has 0 bridgehead atoms. The monoisotopic (exact) mass is 304 g/mol. The van der Waals surface area contributed by atoms with Gasteiger partial charge in [-0.05, 0) is 18.6 Å². The van der Waals surface area contributed by atoms with Crippen LogP contribution in [-0.4, -0.2) is 18.0 Å². The summed E-state index contributed by atoms with van der Waals surface area (Å²) in [4.78, 5) is 22.4. The van der Waals surface area contributed by atoms with Gasteiger partial charge in [-0.2, -0.15) is 13.2 Å². The summed E-state index contributed by atoms with van der Waals surface area (Å²) < 4.78 is 38.1. The summed E-state index contributed by atoms with van der Waals surface area (Å²) in [6, 6.07) is 3.20. The lowest BCUT2D eigenvalue weighted by atomic mass is 10.1. The first-order valence-electron chi connectivity index (χ1n) is 5.96. The maximum atomic E-state index is 12.7. The van der Waals surface area contributed by atoms with Gasteiger partial charge in [0.25, 0.3) is 5.91 Å². The normalized spacial score (nSPS) is 12.4. The van der Waals surface area contributed by atoms with Crippen molar-refractivity contribution in [2.45, 2.75) is 25.7 Å². The molecule has 5 N–H and O–H groups in total. The molecule has 0 spiro atoms. The van der Waals surface area contributed by atoms with Crippen LogP contribution in [-0.2, 0) is 17.5 Å². The van der Waals surface area contributed by atoms with E-state index >= 15 is 0 Å². The van der Waals surface area contributed by atoms with Crippen molar-refractivity contribution in [1.82, 2.24) is 16.2 Å². The molecule has 1 aromatic carbocycles. The number of benzene rings is 1. The van der Waals surface area contributed by atoms with Gasteiger partial charge < -0.3 is 11.1 Å². The summed E-state index contributed by atoms with van der Waals surface area (Å²) in [7, 11) is 0. The van der Waals surface area contributed by atoms with Crippen LogP contribution in [0.3, 0.4) is 0 Å². The number of nitrogens with one attached hydrogen (secondary N) is 3. The van der Waals surface area contributed by atoms with Crippen molar-refractivity contribution in [3.05, 3.63) is 35.4 Å². The predicted octanol–water partition coefficient (Wildman–Crippen LogP) is 0.883. The second-order valence-corrected chi connectivity index (χ2v) is 4.24. The molecule has 0 aliphatic heterocycles. The molecule has 0 unspecified atom stereocenters. The minimum absolute atomic E-state index is 0.0846. The summed E-state index contributed by atoms with van der Waals surface area (Å²) in [5, 5.41) is 2.20. The van der Waals surface area contributed by atoms with Crippen molar-refractivity contribution in [2.24, 2.45) is 5.73 Å². The molecule has 1 aromatic rings. The molecule has 1 rings (SSSR count). The van der Waals surface area contributed by atoms with Crippen LogP contribution in [0.5, 0.6) is 0 Å². The van der Waals surface area contributed by atoms with Gasteiger partial charge in [0.1, 0.15) is 0 Å². The Bertz CT molecular complexity index is 517. The van der Waals surface area contributed by atoms with Crippen LogP contribution in [0.25, 0.3) is 0 Å². The summed E-state index contributed by atoms with van der Waals surface area (Å²) in [5.41, 5.74) is 8.33. The summed E-state index contributed by atoms with van der Waals surface area (Å²) in [5.74, 6) is -0.624. The van der Waals surface area contributed by atoms with E-state index in [4.69, 9.17) is 5.73 Å². The third kappa shape index (κ3) is 5.30. The molecule has 0 radical (unpaired) electrons. The Hall–Kier alpha value is -2.29. The van der Waals surface area contributed by atoms with Gasteiger partial charge >= 0.3 is 12.2 Å². The van der Waals surface area contributed by atoms with Gasteiger partial charge in [0.05, 0.1) is 11.6 Å². The van der Waals surface area contributed by atoms with Gasteiger partial charge in [0.2, 0.25) is 0 Å². The van der Waals surface area contributed by atoms with Crippen molar-refractivity contribution in [3.8, 4) is 0 Å². The van der Waals surface area contributed by atoms with Crippen LogP contribution >= 0.6 is 0 Å². The molecule has 0 aromatic heterocycles. The smallest absolute Gasteiger partial charge is 0.333 e. The average Bonchev–Trinajstić information content (AvgIpc) is 2.41. The number of carbonyl (C=O) groups excluding carboxylic acids is 2. The fourth-order valence-corrected chi connectivity index (χ4v) is 1.40. The molecule has 0 fully saturated rings. The number of carbonyl (C=O) groups is 2. The Kier molecular flexibility index (Phi) is 5.53. The molecule has 6 nitrogen and oxygen atoms in total. The zero-order valence-electron chi connectivity index (χ0n) is 11.1. The van der Waals surface area contributed by atoms with E-state index in [2.05, 4.69) is 5.32 Å². The zero-order chi connectivity index (χ0) is 16.0. The third-order valence-corrected chi connectivity index (χ3v) is 2.47. The van der Waals surface area contributed by atoms with E-state index in [1.807, 2.05) is 10.9 Å². The molecule has 0 heterocycles. The first-order valence-corrected chi connectivity index (χ1v) is 5.96. The molecule has 0 aliphatic rings. The van der Waals surface area contributed by atoms with E-state index in [-0.39, 0.29) is 12.1 Å². The Balaban J connectivity index is 2.56. The van der Waals surface area contributed by atoms with Crippen LogP contribution in [0.2, 0.25) is 0 Å². The lowest BCUT2D eigenvalue weighted by Gasteiger charge is -2.14. The first kappa shape index (κ1) is 16.8. The van der Waals surface area contributed by atoms with E-state index in [9.17, 15) is 22.8 Å². The lowest BCUT2D eigenvalue weighted by molar-refractivity contribution is -0.138. The highest BCUT2D eigenvalue weighted by atomic mass is 19.4. The Labute approximate surface area is 118 Å². The molecule has 3 amide bonds. The number of amides is 3. The number of hydrogen-bond acceptors (Lipinski definition) is 3. The topological polar surface area (TPSA) is 96.2 Å². The highest BCUT2D eigenvalue weighted by Crippen LogP contribution is 2.31. The highest BCUT2D eigenvalue weighted by molar-refractivity contribution is 5.84. The van der Waals surface area contributed by atoms with Crippen molar-refractivity contribution in [3.63, 3.8) is 0 Å². The maximum absolute atomic E-state index is 12.7. The van der Waals surface area contributed by atoms with Crippen LogP contribution in [0, 0.1) is 0 Å². The number of urea groups is 1. The van der Waals surface area contributed by atoms with Crippen LogP contribution in [0.4, 0.5) is 18.0 Å². The predicted molar refractivity (Wildman–Crippen MR) is 68.6 cm³/mol. The number of hydrazine groups is 1. The molecule has 0 saturated heterocycles. The highest BCUT2D eigenvalue weighted by Gasteiger charge is 2.32. The first-order chi connectivity index (χ1) is 9.71. The Morgan fingerprint density at radius 3 is 2.43 bits per heavy atom. The number of alkyl halides is 3. The molecular formula is C12H15F3N4O2. The van der Waals surface area contributed by atoms with Crippen molar-refractivity contribution in [2.75, 3.05) is 0 Å². The minimum atomic E-state index is -4.50. The quantitative estimate of drug-likeness (QED) is 0.624. The zero-order valence-corrected chi connectivity index (χ0v) is 11.1. The lowest BCUT2D eigenvalue weighted by Crippen LogP contribution is -2.51.